The lowest BCUT2D eigenvalue weighted by molar-refractivity contribution is 0.768. The van der Waals surface area contributed by atoms with E-state index >= 15 is 0 Å². The van der Waals surface area contributed by atoms with E-state index in [1.165, 1.54) is 94.3 Å². The summed E-state index contributed by atoms with van der Waals surface area (Å²) < 4.78 is 2.47. The average molecular weight is 881 g/mol. The van der Waals surface area contributed by atoms with E-state index in [4.69, 9.17) is 0 Å². The highest BCUT2D eigenvalue weighted by atomic mass is 15.1. The Morgan fingerprint density at radius 1 is 0.391 bits per heavy atom. The Labute approximate surface area is 404 Å². The van der Waals surface area contributed by atoms with Gasteiger partial charge in [0.05, 0.1) is 16.4 Å². The van der Waals surface area contributed by atoms with Crippen LogP contribution < -0.4 is 4.90 Å². The van der Waals surface area contributed by atoms with E-state index in [1.807, 2.05) is 12.2 Å². The molecule has 0 amide bonds. The van der Waals surface area contributed by atoms with Gasteiger partial charge in [-0.25, -0.2) is 0 Å². The predicted molar refractivity (Wildman–Crippen MR) is 291 cm³/mol. The fourth-order valence-corrected chi connectivity index (χ4v) is 11.4. The third-order valence-electron chi connectivity index (χ3n) is 14.9. The van der Waals surface area contributed by atoms with Crippen molar-refractivity contribution in [2.24, 2.45) is 0 Å². The summed E-state index contributed by atoms with van der Waals surface area (Å²) in [6.07, 6.45) is 6.11. The first kappa shape index (κ1) is 40.5. The van der Waals surface area contributed by atoms with E-state index in [0.29, 0.717) is 0 Å². The van der Waals surface area contributed by atoms with Crippen LogP contribution in [0.25, 0.3) is 73.0 Å². The van der Waals surface area contributed by atoms with Crippen LogP contribution in [0.1, 0.15) is 44.5 Å². The van der Waals surface area contributed by atoms with Gasteiger partial charge in [0.2, 0.25) is 0 Å². The first-order valence-electron chi connectivity index (χ1n) is 24.0. The molecule has 2 nitrogen and oxygen atoms in total. The van der Waals surface area contributed by atoms with Crippen molar-refractivity contribution in [3.63, 3.8) is 0 Å². The van der Waals surface area contributed by atoms with Crippen LogP contribution in [0.3, 0.4) is 0 Å². The molecule has 0 bridgehead atoms. The topological polar surface area (TPSA) is 8.17 Å². The summed E-state index contributed by atoms with van der Waals surface area (Å²) in [5, 5.41) is 2.42. The van der Waals surface area contributed by atoms with Gasteiger partial charge in [-0.15, -0.1) is 0 Å². The number of nitrogens with zero attached hydrogens (tertiary/aromatic N) is 2. The largest absolute Gasteiger partial charge is 0.310 e. The quantitative estimate of drug-likeness (QED) is 0.133. The molecule has 0 saturated heterocycles. The maximum absolute atomic E-state index is 4.09. The average Bonchev–Trinajstić information content (AvgIpc) is 3.89. The summed E-state index contributed by atoms with van der Waals surface area (Å²) >= 11 is 0. The van der Waals surface area contributed by atoms with E-state index < -0.39 is 5.41 Å². The number of aryl methyl sites for hydroxylation is 2. The van der Waals surface area contributed by atoms with Crippen molar-refractivity contribution < 1.29 is 0 Å². The highest BCUT2D eigenvalue weighted by molar-refractivity contribution is 6.12. The molecular formula is C67H48N2. The van der Waals surface area contributed by atoms with Gasteiger partial charge in [0, 0.05) is 33.5 Å². The van der Waals surface area contributed by atoms with E-state index in [2.05, 4.69) is 253 Å². The molecule has 1 unspecified atom stereocenters. The highest BCUT2D eigenvalue weighted by Gasteiger charge is 2.46. The number of hydrogen-bond acceptors (Lipinski definition) is 1. The van der Waals surface area contributed by atoms with Crippen molar-refractivity contribution in [3.05, 3.63) is 288 Å². The number of anilines is 3. The molecule has 0 aliphatic heterocycles. The molecule has 2 heteroatoms. The number of benzene rings is 10. The zero-order valence-corrected chi connectivity index (χ0v) is 38.3. The van der Waals surface area contributed by atoms with Gasteiger partial charge in [-0.3, -0.25) is 0 Å². The Morgan fingerprint density at radius 3 is 1.64 bits per heavy atom. The molecule has 0 fully saturated rings. The molecule has 69 heavy (non-hydrogen) atoms. The predicted octanol–water partition coefficient (Wildman–Crippen LogP) is 17.3. The van der Waals surface area contributed by atoms with Gasteiger partial charge < -0.3 is 9.47 Å². The van der Waals surface area contributed by atoms with Gasteiger partial charge in [-0.05, 0) is 157 Å². The second kappa shape index (κ2) is 16.3. The van der Waals surface area contributed by atoms with Gasteiger partial charge >= 0.3 is 0 Å². The molecule has 0 N–H and O–H groups in total. The summed E-state index contributed by atoms with van der Waals surface area (Å²) in [6, 6.07) is 85.7. The zero-order chi connectivity index (χ0) is 46.1. The Hall–Kier alpha value is -8.72. The fourth-order valence-electron chi connectivity index (χ4n) is 11.4. The lowest BCUT2D eigenvalue weighted by atomic mass is 9.67. The van der Waals surface area contributed by atoms with Crippen molar-refractivity contribution >= 4 is 51.0 Å². The number of rotatable bonds is 10. The summed E-state index contributed by atoms with van der Waals surface area (Å²) in [5.41, 5.74) is 23.6. The molecule has 10 aromatic carbocycles. The molecule has 1 aromatic heterocycles. The van der Waals surface area contributed by atoms with Crippen LogP contribution in [0.5, 0.6) is 0 Å². The van der Waals surface area contributed by atoms with Crippen molar-refractivity contribution in [3.8, 4) is 39.1 Å². The minimum atomic E-state index is -0.569. The second-order valence-electron chi connectivity index (χ2n) is 18.5. The first-order valence-corrected chi connectivity index (χ1v) is 24.0. The van der Waals surface area contributed by atoms with Gasteiger partial charge in [0.25, 0.3) is 0 Å². The SMILES string of the molecule is C=Cc1ccc(-c2ccc3c(c2)c2cc(N(c4ccc(-c5ccccc5)cc4)c4ccc5c(c4)C(c4ccccc4)(c4ccc(C=C)cc4)c4ccccc4-5)ccc2n3-c2ccc3c(c2)CC3)cc1. The monoisotopic (exact) mass is 880 g/mol. The lowest BCUT2D eigenvalue weighted by Gasteiger charge is -2.35. The van der Waals surface area contributed by atoms with Crippen LogP contribution in [0.2, 0.25) is 0 Å². The van der Waals surface area contributed by atoms with E-state index in [-0.39, 0.29) is 0 Å². The van der Waals surface area contributed by atoms with Gasteiger partial charge in [-0.1, -0.05) is 189 Å². The number of hydrogen-bond donors (Lipinski definition) is 0. The molecule has 1 heterocycles. The third kappa shape index (κ3) is 6.48. The van der Waals surface area contributed by atoms with Gasteiger partial charge in [0.15, 0.2) is 0 Å². The van der Waals surface area contributed by atoms with Crippen LogP contribution >= 0.6 is 0 Å². The minimum absolute atomic E-state index is 0.569. The van der Waals surface area contributed by atoms with Gasteiger partial charge in [-0.2, -0.15) is 0 Å². The molecule has 13 rings (SSSR count). The molecular weight excluding hydrogens is 833 g/mol. The van der Waals surface area contributed by atoms with Crippen molar-refractivity contribution in [2.75, 3.05) is 4.90 Å². The van der Waals surface area contributed by atoms with Crippen molar-refractivity contribution in [1.82, 2.24) is 4.57 Å². The van der Waals surface area contributed by atoms with Crippen molar-refractivity contribution in [2.45, 2.75) is 18.3 Å². The minimum Gasteiger partial charge on any atom is -0.310 e. The summed E-state index contributed by atoms with van der Waals surface area (Å²) in [5.74, 6) is 0. The molecule has 2 aliphatic carbocycles. The Balaban J connectivity index is 1.06. The fraction of sp³-hybridized carbons (Fsp3) is 0.0448. The van der Waals surface area contributed by atoms with Crippen LogP contribution in [-0.2, 0) is 18.3 Å². The smallest absolute Gasteiger partial charge is 0.0714 e. The molecule has 0 saturated carbocycles. The summed E-state index contributed by atoms with van der Waals surface area (Å²) in [7, 11) is 0. The molecule has 0 spiro atoms. The highest BCUT2D eigenvalue weighted by Crippen LogP contribution is 2.57. The first-order chi connectivity index (χ1) is 34.1. The second-order valence-corrected chi connectivity index (χ2v) is 18.5. The van der Waals surface area contributed by atoms with Gasteiger partial charge in [0.1, 0.15) is 0 Å². The van der Waals surface area contributed by atoms with Crippen molar-refractivity contribution in [1.29, 1.82) is 0 Å². The van der Waals surface area contributed by atoms with Crippen LogP contribution in [0.15, 0.2) is 244 Å². The number of fused-ring (bicyclic) bond motifs is 7. The Morgan fingerprint density at radius 2 is 0.928 bits per heavy atom. The molecule has 326 valence electrons. The normalized spacial score (nSPS) is 14.4. The zero-order valence-electron chi connectivity index (χ0n) is 38.3. The lowest BCUT2D eigenvalue weighted by Crippen LogP contribution is -2.28. The molecule has 2 aliphatic rings. The maximum atomic E-state index is 4.09. The van der Waals surface area contributed by atoms with Crippen LogP contribution in [-0.4, -0.2) is 4.57 Å². The van der Waals surface area contributed by atoms with E-state index in [0.717, 1.165) is 41.0 Å². The molecule has 11 aromatic rings. The van der Waals surface area contributed by atoms with Crippen LogP contribution in [0, 0.1) is 0 Å². The summed E-state index contributed by atoms with van der Waals surface area (Å²) in [4.78, 5) is 2.46. The summed E-state index contributed by atoms with van der Waals surface area (Å²) in [6.45, 7) is 8.09. The molecule has 0 radical (unpaired) electrons. The van der Waals surface area contributed by atoms with E-state index in [1.54, 1.807) is 0 Å². The Bertz CT molecular complexity index is 3780. The third-order valence-corrected chi connectivity index (χ3v) is 14.9. The van der Waals surface area contributed by atoms with Crippen LogP contribution in [0.4, 0.5) is 17.1 Å². The van der Waals surface area contributed by atoms with E-state index in [9.17, 15) is 0 Å². The maximum Gasteiger partial charge on any atom is 0.0714 e. The standard InChI is InChI=1S/C67H48N2/c1-3-45-19-23-49(24-20-45)52-30-39-65-61(42-52)62-43-57(37-40-66(62)69(65)56-35-29-50-25-26-51(50)41-56)68(55-33-27-48(28-34-55)47-13-7-5-8-14-47)58-36-38-60-59-17-11-12-18-63(59)67(64(60)44-58,53-15-9-6-10-16-53)54-31-21-46(4-2)22-32-54/h3-24,27-44H,1-2,25-26H2. The Kier molecular flexibility index (Phi) is 9.55. The number of aromatic nitrogens is 1. The molecule has 1 atom stereocenters.